The molecule has 0 amide bonds. The van der Waals surface area contributed by atoms with E-state index in [1.807, 2.05) is 36.5 Å². The van der Waals surface area contributed by atoms with Gasteiger partial charge in [-0.2, -0.15) is 0 Å². The zero-order chi connectivity index (χ0) is 27.1. The van der Waals surface area contributed by atoms with Gasteiger partial charge in [0.25, 0.3) is 0 Å². The van der Waals surface area contributed by atoms with Crippen molar-refractivity contribution in [1.82, 2.24) is 14.1 Å². The Hall–Kier alpha value is -4.21. The second-order valence-corrected chi connectivity index (χ2v) is 10.8. The first-order valence-corrected chi connectivity index (χ1v) is 14.5. The van der Waals surface area contributed by atoms with E-state index in [1.54, 1.807) is 0 Å². The van der Waals surface area contributed by atoms with E-state index in [0.717, 1.165) is 62.5 Å². The Morgan fingerprint density at radius 3 is 2.48 bits per heavy atom. The summed E-state index contributed by atoms with van der Waals surface area (Å²) in [5.74, 6) is 2.25. The van der Waals surface area contributed by atoms with Crippen molar-refractivity contribution >= 4 is 22.5 Å². The molecule has 0 N–H and O–H groups in total. The van der Waals surface area contributed by atoms with Crippen LogP contribution < -0.4 is 9.64 Å². The van der Waals surface area contributed by atoms with Gasteiger partial charge in [-0.1, -0.05) is 6.07 Å². The number of hydrogen-bond acceptors (Lipinski definition) is 3. The summed E-state index contributed by atoms with van der Waals surface area (Å²) in [6.45, 7) is 0.891. The van der Waals surface area contributed by atoms with Gasteiger partial charge in [-0.3, -0.25) is 0 Å². The van der Waals surface area contributed by atoms with Crippen molar-refractivity contribution in [2.75, 3.05) is 11.4 Å². The zero-order valence-corrected chi connectivity index (χ0v) is 24.2. The molecule has 1 aliphatic heterocycles. The summed E-state index contributed by atoms with van der Waals surface area (Å²) in [5.41, 5.74) is 7.61. The summed E-state index contributed by atoms with van der Waals surface area (Å²) < 4.78 is 12.1. The van der Waals surface area contributed by atoms with Crippen LogP contribution in [0.1, 0.15) is 12.0 Å². The number of ether oxygens (including phenoxy) is 1. The van der Waals surface area contributed by atoms with Gasteiger partial charge in [-0.15, -0.1) is 0 Å². The predicted octanol–water partition coefficient (Wildman–Crippen LogP) is 7.59. The number of imidazole rings is 1. The summed E-state index contributed by atoms with van der Waals surface area (Å²) >= 11 is 2.37. The standard InChI is InChI=1S/C34H26N4O.Pt/c1-36-24-38(31-17-6-5-16-30(31)36)27-14-9-15-28(22-27)39-33-23-32-26(21-29(33)25-11-3-2-4-12-25)13-10-20-37(32)34-18-7-8-19-35-34;/h2-9,11-12,14-19,21H,10,13,20H2,1H3;/q-2;. The van der Waals surface area contributed by atoms with Crippen molar-refractivity contribution in [3.05, 3.63) is 125 Å². The summed E-state index contributed by atoms with van der Waals surface area (Å²) in [7, 11) is 2.09. The van der Waals surface area contributed by atoms with Crippen LogP contribution in [-0.4, -0.2) is 20.7 Å². The molecular weight excluding hydrogens is 675 g/mol. The van der Waals surface area contributed by atoms with Gasteiger partial charge in [0.15, 0.2) is 0 Å². The number of fused-ring (bicyclic) bond motifs is 2. The van der Waals surface area contributed by atoms with E-state index < -0.39 is 0 Å². The van der Waals surface area contributed by atoms with Gasteiger partial charge < -0.3 is 0 Å². The Bertz CT molecular complexity index is 1890. The molecule has 5 nitrogen and oxygen atoms in total. The van der Waals surface area contributed by atoms with Crippen molar-refractivity contribution in [1.29, 1.82) is 0 Å². The molecule has 3 heterocycles. The van der Waals surface area contributed by atoms with Crippen LogP contribution in [0.2, 0.25) is 0 Å². The number of benzene rings is 4. The fourth-order valence-electron chi connectivity index (χ4n) is 5.42. The molecule has 4 aromatic carbocycles. The van der Waals surface area contributed by atoms with Crippen LogP contribution in [0.5, 0.6) is 11.5 Å². The summed E-state index contributed by atoms with van der Waals surface area (Å²) in [6, 6.07) is 40.3. The molecule has 2 aromatic heterocycles. The van der Waals surface area contributed by atoms with Crippen molar-refractivity contribution in [2.45, 2.75) is 12.8 Å². The van der Waals surface area contributed by atoms with Crippen LogP contribution in [0.15, 0.2) is 103 Å². The Morgan fingerprint density at radius 2 is 1.65 bits per heavy atom. The number of nitrogens with zero attached hydrogens (tertiary/aromatic N) is 4. The number of para-hydroxylation sites is 2. The number of aromatic nitrogens is 3. The third-order valence-electron chi connectivity index (χ3n) is 7.32. The topological polar surface area (TPSA) is 35.2 Å². The molecule has 0 atom stereocenters. The Labute approximate surface area is 244 Å². The SMILES string of the molecule is Cn1[c](=[Pt])n(-c2[c-]c(Oc3[c-]c4c(cc3-c3ccccc3)CCCN4c3ccccn3)ccc2)c2ccccc21. The van der Waals surface area contributed by atoms with Crippen LogP contribution in [0, 0.1) is 15.9 Å². The van der Waals surface area contributed by atoms with Crippen LogP contribution in [0.3, 0.4) is 0 Å². The Morgan fingerprint density at radius 1 is 0.850 bits per heavy atom. The monoisotopic (exact) mass is 701 g/mol. The molecule has 0 saturated carbocycles. The van der Waals surface area contributed by atoms with Crippen LogP contribution in [0.25, 0.3) is 27.8 Å². The minimum absolute atomic E-state index is 0.641. The van der Waals surface area contributed by atoms with Crippen molar-refractivity contribution in [3.8, 4) is 28.3 Å². The third kappa shape index (κ3) is 4.41. The Balaban J connectivity index is 1.35. The van der Waals surface area contributed by atoms with Crippen LogP contribution >= 0.6 is 0 Å². The van der Waals surface area contributed by atoms with Gasteiger partial charge in [0.05, 0.1) is 0 Å². The zero-order valence-electron chi connectivity index (χ0n) is 21.9. The number of pyridine rings is 1. The van der Waals surface area contributed by atoms with Gasteiger partial charge in [-0.25, -0.2) is 0 Å². The molecule has 6 heteroatoms. The number of anilines is 2. The number of aryl methyl sites for hydroxylation is 2. The van der Waals surface area contributed by atoms with Gasteiger partial charge in [0.1, 0.15) is 0 Å². The normalized spacial score (nSPS) is 12.9. The molecule has 0 bridgehead atoms. The van der Waals surface area contributed by atoms with E-state index in [-0.39, 0.29) is 0 Å². The first kappa shape index (κ1) is 24.8. The first-order chi connectivity index (χ1) is 19.7. The van der Waals surface area contributed by atoms with Crippen molar-refractivity contribution in [3.63, 3.8) is 0 Å². The first-order valence-electron chi connectivity index (χ1n) is 13.3. The average Bonchev–Trinajstić information content (AvgIpc) is 3.27. The molecule has 0 spiro atoms. The van der Waals surface area contributed by atoms with E-state index in [4.69, 9.17) is 4.74 Å². The molecule has 1 aliphatic rings. The fourth-order valence-corrected chi connectivity index (χ4v) is 6.24. The van der Waals surface area contributed by atoms with Gasteiger partial charge in [0.2, 0.25) is 0 Å². The average molecular weight is 702 g/mol. The molecule has 0 radical (unpaired) electrons. The minimum atomic E-state index is 0.641. The molecule has 0 aliphatic carbocycles. The van der Waals surface area contributed by atoms with E-state index in [1.165, 1.54) is 5.56 Å². The Kier molecular flexibility index (Phi) is 6.45. The second kappa shape index (κ2) is 10.4. The molecule has 0 fully saturated rings. The van der Waals surface area contributed by atoms with Crippen molar-refractivity contribution < 1.29 is 24.1 Å². The third-order valence-corrected chi connectivity index (χ3v) is 8.59. The maximum atomic E-state index is 6.65. The van der Waals surface area contributed by atoms with E-state index in [0.29, 0.717) is 11.5 Å². The molecule has 200 valence electrons. The van der Waals surface area contributed by atoms with E-state index in [9.17, 15) is 0 Å². The van der Waals surface area contributed by atoms with Gasteiger partial charge >= 0.3 is 227 Å². The molecular formula is C34H26N4OPt-2. The van der Waals surface area contributed by atoms with Gasteiger partial charge in [0, 0.05) is 6.20 Å². The molecule has 40 heavy (non-hydrogen) atoms. The predicted molar refractivity (Wildman–Crippen MR) is 155 cm³/mol. The summed E-state index contributed by atoms with van der Waals surface area (Å²) in [5, 5.41) is 0. The summed E-state index contributed by atoms with van der Waals surface area (Å²) in [6.07, 6.45) is 3.89. The number of rotatable bonds is 5. The summed E-state index contributed by atoms with van der Waals surface area (Å²) in [4.78, 5) is 6.87. The van der Waals surface area contributed by atoms with E-state index in [2.05, 4.69) is 124 Å². The molecule has 0 unspecified atom stereocenters. The van der Waals surface area contributed by atoms with Crippen LogP contribution in [0.4, 0.5) is 11.5 Å². The van der Waals surface area contributed by atoms with Gasteiger partial charge in [-0.05, 0) is 6.07 Å². The van der Waals surface area contributed by atoms with Crippen molar-refractivity contribution in [2.24, 2.45) is 7.05 Å². The van der Waals surface area contributed by atoms with Crippen LogP contribution in [-0.2, 0) is 32.8 Å². The number of hydrogen-bond donors (Lipinski definition) is 0. The molecule has 6 aromatic rings. The second-order valence-electron chi connectivity index (χ2n) is 9.82. The van der Waals surface area contributed by atoms with E-state index >= 15 is 0 Å². The fraction of sp³-hybridized carbons (Fsp3) is 0.118. The maximum absolute atomic E-state index is 6.65. The quantitative estimate of drug-likeness (QED) is 0.174. The molecule has 0 saturated heterocycles. The molecule has 7 rings (SSSR count).